The number of aliphatic hydroxyl groups is 1. The van der Waals surface area contributed by atoms with Gasteiger partial charge in [0.15, 0.2) is 11.5 Å². The lowest BCUT2D eigenvalue weighted by atomic mass is 10.1. The van der Waals surface area contributed by atoms with E-state index in [-0.39, 0.29) is 6.10 Å². The Morgan fingerprint density at radius 2 is 1.90 bits per heavy atom. The summed E-state index contributed by atoms with van der Waals surface area (Å²) in [6.45, 7) is 2.09. The van der Waals surface area contributed by atoms with Crippen LogP contribution < -0.4 is 14.8 Å². The van der Waals surface area contributed by atoms with Gasteiger partial charge in [-0.3, -0.25) is 0 Å². The van der Waals surface area contributed by atoms with Gasteiger partial charge in [-0.1, -0.05) is 6.07 Å². The third kappa shape index (κ3) is 5.77. The molecule has 0 aliphatic rings. The van der Waals surface area contributed by atoms with Crippen LogP contribution in [0.15, 0.2) is 18.2 Å². The highest BCUT2D eigenvalue weighted by molar-refractivity contribution is 5.42. The second-order valence-electron chi connectivity index (χ2n) is 5.06. The first-order chi connectivity index (χ1) is 9.56. The van der Waals surface area contributed by atoms with Crippen molar-refractivity contribution in [2.45, 2.75) is 12.5 Å². The summed E-state index contributed by atoms with van der Waals surface area (Å²) in [4.78, 5) is 1.97. The minimum absolute atomic E-state index is 0.338. The fourth-order valence-corrected chi connectivity index (χ4v) is 2.02. The first-order valence-corrected chi connectivity index (χ1v) is 6.81. The summed E-state index contributed by atoms with van der Waals surface area (Å²) in [5.74, 6) is 1.49. The Morgan fingerprint density at radius 1 is 1.20 bits per heavy atom. The van der Waals surface area contributed by atoms with Crippen molar-refractivity contribution in [3.8, 4) is 11.5 Å². The van der Waals surface area contributed by atoms with Gasteiger partial charge in [-0.15, -0.1) is 0 Å². The summed E-state index contributed by atoms with van der Waals surface area (Å²) >= 11 is 0. The van der Waals surface area contributed by atoms with E-state index in [9.17, 15) is 5.11 Å². The number of ether oxygens (including phenoxy) is 2. The number of nitrogens with zero attached hydrogens (tertiary/aromatic N) is 1. The molecule has 1 unspecified atom stereocenters. The van der Waals surface area contributed by atoms with Gasteiger partial charge in [0.1, 0.15) is 0 Å². The van der Waals surface area contributed by atoms with Gasteiger partial charge < -0.3 is 24.8 Å². The van der Waals surface area contributed by atoms with E-state index in [1.165, 1.54) is 5.56 Å². The number of hydrogen-bond donors (Lipinski definition) is 2. The van der Waals surface area contributed by atoms with Crippen molar-refractivity contribution in [1.29, 1.82) is 0 Å². The molecule has 0 aliphatic carbocycles. The number of nitrogens with one attached hydrogen (secondary N) is 1. The minimum Gasteiger partial charge on any atom is -0.493 e. The lowest BCUT2D eigenvalue weighted by Gasteiger charge is -2.16. The molecule has 114 valence electrons. The summed E-state index contributed by atoms with van der Waals surface area (Å²) in [6, 6.07) is 5.92. The molecular formula is C15H26N2O3. The van der Waals surface area contributed by atoms with E-state index >= 15 is 0 Å². The summed E-state index contributed by atoms with van der Waals surface area (Å²) in [5.41, 5.74) is 1.18. The average molecular weight is 282 g/mol. The molecular weight excluding hydrogens is 256 g/mol. The normalized spacial score (nSPS) is 12.5. The molecule has 20 heavy (non-hydrogen) atoms. The highest BCUT2D eigenvalue weighted by atomic mass is 16.5. The molecule has 1 aromatic rings. The van der Waals surface area contributed by atoms with Crippen LogP contribution in [0, 0.1) is 0 Å². The first kappa shape index (κ1) is 16.8. The van der Waals surface area contributed by atoms with Crippen LogP contribution >= 0.6 is 0 Å². The third-order valence-electron chi connectivity index (χ3n) is 2.99. The third-order valence-corrected chi connectivity index (χ3v) is 2.99. The van der Waals surface area contributed by atoms with Crippen molar-refractivity contribution in [3.05, 3.63) is 23.8 Å². The summed E-state index contributed by atoms with van der Waals surface area (Å²) in [7, 11) is 7.17. The van der Waals surface area contributed by atoms with Crippen LogP contribution in [0.25, 0.3) is 0 Å². The summed E-state index contributed by atoms with van der Waals surface area (Å²) in [6.07, 6.45) is 0.546. The minimum atomic E-state index is -0.338. The van der Waals surface area contributed by atoms with E-state index < -0.39 is 0 Å². The Kier molecular flexibility index (Phi) is 7.36. The maximum atomic E-state index is 9.73. The molecule has 0 aliphatic heterocycles. The maximum absolute atomic E-state index is 9.73. The van der Waals surface area contributed by atoms with Crippen molar-refractivity contribution in [2.75, 3.05) is 47.9 Å². The van der Waals surface area contributed by atoms with Crippen molar-refractivity contribution >= 4 is 0 Å². The Balaban J connectivity index is 2.35. The zero-order valence-corrected chi connectivity index (χ0v) is 12.8. The fraction of sp³-hybridized carbons (Fsp3) is 0.600. The second kappa shape index (κ2) is 8.79. The van der Waals surface area contributed by atoms with Crippen LogP contribution in [0.1, 0.15) is 5.56 Å². The van der Waals surface area contributed by atoms with E-state index in [1.807, 2.05) is 37.2 Å². The van der Waals surface area contributed by atoms with Crippen LogP contribution in [0.4, 0.5) is 0 Å². The second-order valence-corrected chi connectivity index (χ2v) is 5.06. The lowest BCUT2D eigenvalue weighted by Crippen LogP contribution is -2.35. The van der Waals surface area contributed by atoms with Crippen molar-refractivity contribution in [1.82, 2.24) is 10.2 Å². The molecule has 0 amide bonds. The molecule has 1 atom stereocenters. The van der Waals surface area contributed by atoms with Gasteiger partial charge in [0.05, 0.1) is 20.3 Å². The topological polar surface area (TPSA) is 54.0 Å². The molecule has 5 nitrogen and oxygen atoms in total. The lowest BCUT2D eigenvalue weighted by molar-refractivity contribution is 0.135. The number of rotatable bonds is 9. The Hall–Kier alpha value is -1.30. The number of hydrogen-bond acceptors (Lipinski definition) is 5. The molecule has 0 heterocycles. The van der Waals surface area contributed by atoms with Crippen LogP contribution in [-0.4, -0.2) is 64.1 Å². The molecule has 1 rings (SSSR count). The monoisotopic (exact) mass is 282 g/mol. The zero-order chi connectivity index (χ0) is 15.0. The molecule has 0 bridgehead atoms. The predicted molar refractivity (Wildman–Crippen MR) is 80.7 cm³/mol. The van der Waals surface area contributed by atoms with Crippen LogP contribution in [0.2, 0.25) is 0 Å². The molecule has 0 saturated heterocycles. The SMILES string of the molecule is COc1ccc(CCNCC(O)CN(C)C)cc1OC. The van der Waals surface area contributed by atoms with Gasteiger partial charge >= 0.3 is 0 Å². The van der Waals surface area contributed by atoms with E-state index in [1.54, 1.807) is 14.2 Å². The first-order valence-electron chi connectivity index (χ1n) is 6.81. The smallest absolute Gasteiger partial charge is 0.160 e. The molecule has 0 radical (unpaired) electrons. The Morgan fingerprint density at radius 3 is 2.50 bits per heavy atom. The van der Waals surface area contributed by atoms with Crippen molar-refractivity contribution in [3.63, 3.8) is 0 Å². The molecule has 2 N–H and O–H groups in total. The quantitative estimate of drug-likeness (QED) is 0.655. The number of likely N-dealkylation sites (N-methyl/N-ethyl adjacent to an activating group) is 1. The number of methoxy groups -OCH3 is 2. The largest absolute Gasteiger partial charge is 0.493 e. The average Bonchev–Trinajstić information content (AvgIpc) is 2.42. The Labute approximate surface area is 121 Å². The predicted octanol–water partition coefficient (Wildman–Crippen LogP) is 0.758. The van der Waals surface area contributed by atoms with Gasteiger partial charge in [-0.05, 0) is 44.8 Å². The zero-order valence-electron chi connectivity index (χ0n) is 12.8. The van der Waals surface area contributed by atoms with Gasteiger partial charge in [0.25, 0.3) is 0 Å². The number of benzene rings is 1. The van der Waals surface area contributed by atoms with Crippen molar-refractivity contribution < 1.29 is 14.6 Å². The van der Waals surface area contributed by atoms with Gasteiger partial charge in [0.2, 0.25) is 0 Å². The van der Waals surface area contributed by atoms with Crippen LogP contribution in [-0.2, 0) is 6.42 Å². The molecule has 1 aromatic carbocycles. The summed E-state index contributed by atoms with van der Waals surface area (Å²) in [5, 5.41) is 13.0. The maximum Gasteiger partial charge on any atom is 0.160 e. The van der Waals surface area contributed by atoms with Crippen molar-refractivity contribution in [2.24, 2.45) is 0 Å². The molecule has 5 heteroatoms. The van der Waals surface area contributed by atoms with Crippen LogP contribution in [0.3, 0.4) is 0 Å². The Bertz CT molecular complexity index is 397. The van der Waals surface area contributed by atoms with Gasteiger partial charge in [-0.25, -0.2) is 0 Å². The highest BCUT2D eigenvalue weighted by Gasteiger charge is 2.06. The van der Waals surface area contributed by atoms with Gasteiger partial charge in [0, 0.05) is 13.1 Å². The van der Waals surface area contributed by atoms with Gasteiger partial charge in [-0.2, -0.15) is 0 Å². The van der Waals surface area contributed by atoms with Crippen LogP contribution in [0.5, 0.6) is 11.5 Å². The molecule has 0 saturated carbocycles. The summed E-state index contributed by atoms with van der Waals surface area (Å²) < 4.78 is 10.5. The standard InChI is InChI=1S/C15H26N2O3/c1-17(2)11-13(18)10-16-8-7-12-5-6-14(19-3)15(9-12)20-4/h5-6,9,13,16,18H,7-8,10-11H2,1-4H3. The number of aliphatic hydroxyl groups excluding tert-OH is 1. The molecule has 0 fully saturated rings. The fourth-order valence-electron chi connectivity index (χ4n) is 2.02. The molecule has 0 aromatic heterocycles. The highest BCUT2D eigenvalue weighted by Crippen LogP contribution is 2.27. The van der Waals surface area contributed by atoms with E-state index in [0.29, 0.717) is 13.1 Å². The van der Waals surface area contributed by atoms with E-state index in [0.717, 1.165) is 24.5 Å². The molecule has 0 spiro atoms. The van der Waals surface area contributed by atoms with E-state index in [4.69, 9.17) is 9.47 Å². The van der Waals surface area contributed by atoms with E-state index in [2.05, 4.69) is 5.32 Å².